The number of hydrogen-bond donors (Lipinski definition) is 1. The van der Waals surface area contributed by atoms with E-state index < -0.39 is 0 Å². The minimum atomic E-state index is 0.581. The van der Waals surface area contributed by atoms with Gasteiger partial charge in [0.1, 0.15) is 11.6 Å². The molecule has 88 valence electrons. The van der Waals surface area contributed by atoms with E-state index in [-0.39, 0.29) is 0 Å². The topological polar surface area (TPSA) is 56.7 Å². The lowest BCUT2D eigenvalue weighted by atomic mass is 10.0. The molecule has 1 aliphatic rings. The van der Waals surface area contributed by atoms with Crippen molar-refractivity contribution < 1.29 is 0 Å². The van der Waals surface area contributed by atoms with Gasteiger partial charge in [-0.3, -0.25) is 0 Å². The first-order chi connectivity index (χ1) is 8.38. The largest absolute Gasteiger partial charge is 0.326 e. The highest BCUT2D eigenvalue weighted by molar-refractivity contribution is 5.29. The highest BCUT2D eigenvalue weighted by Crippen LogP contribution is 2.18. The molecular formula is C13H16N4. The van der Waals surface area contributed by atoms with Crippen LogP contribution in [-0.2, 0) is 25.9 Å². The van der Waals surface area contributed by atoms with Crippen LogP contribution in [0.25, 0.3) is 0 Å². The number of aryl methyl sites for hydroxylation is 1. The maximum absolute atomic E-state index is 5.75. The molecule has 0 bridgehead atoms. The summed E-state index contributed by atoms with van der Waals surface area (Å²) in [5.41, 5.74) is 8.21. The van der Waals surface area contributed by atoms with E-state index in [9.17, 15) is 0 Å². The third-order valence-electron chi connectivity index (χ3n) is 3.37. The van der Waals surface area contributed by atoms with Crippen molar-refractivity contribution in [2.24, 2.45) is 5.73 Å². The minimum absolute atomic E-state index is 0.581. The Morgan fingerprint density at radius 2 is 2.00 bits per heavy atom. The van der Waals surface area contributed by atoms with E-state index in [0.717, 1.165) is 31.0 Å². The van der Waals surface area contributed by atoms with E-state index in [2.05, 4.69) is 33.0 Å². The van der Waals surface area contributed by atoms with Gasteiger partial charge in [-0.1, -0.05) is 24.3 Å². The lowest BCUT2D eigenvalue weighted by molar-refractivity contribution is 0.698. The van der Waals surface area contributed by atoms with E-state index in [1.54, 1.807) is 0 Å². The maximum Gasteiger partial charge on any atom is 0.137 e. The van der Waals surface area contributed by atoms with Crippen LogP contribution in [0.15, 0.2) is 24.3 Å². The smallest absolute Gasteiger partial charge is 0.137 e. The molecule has 0 spiro atoms. The van der Waals surface area contributed by atoms with Crippen LogP contribution < -0.4 is 5.73 Å². The first-order valence-electron chi connectivity index (χ1n) is 6.06. The zero-order valence-corrected chi connectivity index (χ0v) is 9.76. The van der Waals surface area contributed by atoms with Gasteiger partial charge in [0.25, 0.3) is 0 Å². The quantitative estimate of drug-likeness (QED) is 0.860. The Morgan fingerprint density at radius 3 is 2.82 bits per heavy atom. The third kappa shape index (κ3) is 1.85. The zero-order chi connectivity index (χ0) is 11.7. The average Bonchev–Trinajstić information content (AvgIpc) is 2.95. The summed E-state index contributed by atoms with van der Waals surface area (Å²) in [7, 11) is 0. The molecule has 2 aromatic rings. The van der Waals surface area contributed by atoms with Crippen molar-refractivity contribution in [2.75, 3.05) is 0 Å². The molecule has 1 aliphatic heterocycles. The molecule has 17 heavy (non-hydrogen) atoms. The van der Waals surface area contributed by atoms with Crippen LogP contribution >= 0.6 is 0 Å². The fourth-order valence-corrected chi connectivity index (χ4v) is 2.44. The van der Waals surface area contributed by atoms with Crippen molar-refractivity contribution in [1.29, 1.82) is 0 Å². The van der Waals surface area contributed by atoms with Gasteiger partial charge in [-0.15, -0.1) is 10.2 Å². The number of benzene rings is 1. The van der Waals surface area contributed by atoms with E-state index in [4.69, 9.17) is 5.73 Å². The summed E-state index contributed by atoms with van der Waals surface area (Å²) >= 11 is 0. The molecule has 1 aromatic carbocycles. The highest BCUT2D eigenvalue weighted by Gasteiger charge is 2.17. The Hall–Kier alpha value is -1.68. The number of fused-ring (bicyclic) bond motifs is 1. The fourth-order valence-electron chi connectivity index (χ4n) is 2.44. The Balaban J connectivity index is 1.91. The average molecular weight is 228 g/mol. The fraction of sp³-hybridized carbons (Fsp3) is 0.385. The van der Waals surface area contributed by atoms with Gasteiger partial charge in [0.05, 0.1) is 0 Å². The minimum Gasteiger partial charge on any atom is -0.326 e. The summed E-state index contributed by atoms with van der Waals surface area (Å²) in [4.78, 5) is 0. The van der Waals surface area contributed by atoms with E-state index in [1.165, 1.54) is 17.5 Å². The van der Waals surface area contributed by atoms with Crippen LogP contribution in [0.1, 0.15) is 29.2 Å². The van der Waals surface area contributed by atoms with Gasteiger partial charge in [0, 0.05) is 25.9 Å². The molecule has 2 heterocycles. The summed E-state index contributed by atoms with van der Waals surface area (Å²) in [6, 6.07) is 8.28. The van der Waals surface area contributed by atoms with Crippen LogP contribution in [0.4, 0.5) is 0 Å². The molecule has 4 heteroatoms. The van der Waals surface area contributed by atoms with Gasteiger partial charge in [0.15, 0.2) is 0 Å². The van der Waals surface area contributed by atoms with Crippen molar-refractivity contribution in [3.05, 3.63) is 47.0 Å². The molecule has 0 aliphatic carbocycles. The van der Waals surface area contributed by atoms with Crippen LogP contribution in [0.2, 0.25) is 0 Å². The van der Waals surface area contributed by atoms with Crippen molar-refractivity contribution in [3.63, 3.8) is 0 Å². The predicted octanol–water partition coefficient (Wildman–Crippen LogP) is 1.27. The Bertz CT molecular complexity index is 530. The number of nitrogens with zero attached hydrogens (tertiary/aromatic N) is 3. The molecule has 0 fully saturated rings. The summed E-state index contributed by atoms with van der Waals surface area (Å²) in [6.45, 7) is 1.64. The van der Waals surface area contributed by atoms with Gasteiger partial charge >= 0.3 is 0 Å². The SMILES string of the molecule is NCc1ccccc1Cc1nnc2n1CCC2. The maximum atomic E-state index is 5.75. The van der Waals surface area contributed by atoms with Crippen LogP contribution in [0, 0.1) is 0 Å². The Morgan fingerprint density at radius 1 is 1.18 bits per heavy atom. The number of aromatic nitrogens is 3. The van der Waals surface area contributed by atoms with E-state index in [0.29, 0.717) is 6.54 Å². The second kappa shape index (κ2) is 4.30. The Labute approximate surface area is 100 Å². The first kappa shape index (κ1) is 10.5. The third-order valence-corrected chi connectivity index (χ3v) is 3.37. The Kier molecular flexibility index (Phi) is 2.65. The summed E-state index contributed by atoms with van der Waals surface area (Å²) < 4.78 is 2.24. The summed E-state index contributed by atoms with van der Waals surface area (Å²) in [5, 5.41) is 8.51. The second-order valence-corrected chi connectivity index (χ2v) is 4.44. The van der Waals surface area contributed by atoms with Crippen molar-refractivity contribution >= 4 is 0 Å². The van der Waals surface area contributed by atoms with Gasteiger partial charge in [0.2, 0.25) is 0 Å². The molecule has 0 unspecified atom stereocenters. The molecule has 3 rings (SSSR count). The normalized spacial score (nSPS) is 13.9. The number of hydrogen-bond acceptors (Lipinski definition) is 3. The summed E-state index contributed by atoms with van der Waals surface area (Å²) in [5.74, 6) is 2.20. The van der Waals surface area contributed by atoms with Crippen LogP contribution in [0.5, 0.6) is 0 Å². The number of nitrogens with two attached hydrogens (primary N) is 1. The van der Waals surface area contributed by atoms with E-state index in [1.807, 2.05) is 6.07 Å². The monoisotopic (exact) mass is 228 g/mol. The molecule has 2 N–H and O–H groups in total. The van der Waals surface area contributed by atoms with Crippen molar-refractivity contribution in [3.8, 4) is 0 Å². The molecule has 0 radical (unpaired) electrons. The standard InChI is InChI=1S/C13H16N4/c14-9-11-5-2-1-4-10(11)8-13-16-15-12-6-3-7-17(12)13/h1-2,4-5H,3,6-9,14H2. The van der Waals surface area contributed by atoms with Gasteiger partial charge < -0.3 is 10.3 Å². The molecule has 0 saturated carbocycles. The van der Waals surface area contributed by atoms with Gasteiger partial charge in [-0.05, 0) is 17.5 Å². The summed E-state index contributed by atoms with van der Waals surface area (Å²) in [6.07, 6.45) is 3.09. The molecule has 0 saturated heterocycles. The van der Waals surface area contributed by atoms with Crippen molar-refractivity contribution in [2.45, 2.75) is 32.4 Å². The molecule has 1 aromatic heterocycles. The lowest BCUT2D eigenvalue weighted by Gasteiger charge is -2.07. The van der Waals surface area contributed by atoms with Crippen LogP contribution in [-0.4, -0.2) is 14.8 Å². The zero-order valence-electron chi connectivity index (χ0n) is 9.76. The van der Waals surface area contributed by atoms with E-state index >= 15 is 0 Å². The lowest BCUT2D eigenvalue weighted by Crippen LogP contribution is -2.06. The second-order valence-electron chi connectivity index (χ2n) is 4.44. The number of rotatable bonds is 3. The predicted molar refractivity (Wildman–Crippen MR) is 65.5 cm³/mol. The van der Waals surface area contributed by atoms with Crippen LogP contribution in [0.3, 0.4) is 0 Å². The molecule has 0 amide bonds. The molecular weight excluding hydrogens is 212 g/mol. The molecule has 4 nitrogen and oxygen atoms in total. The van der Waals surface area contributed by atoms with Gasteiger partial charge in [-0.2, -0.15) is 0 Å². The van der Waals surface area contributed by atoms with Crippen molar-refractivity contribution in [1.82, 2.24) is 14.8 Å². The van der Waals surface area contributed by atoms with Gasteiger partial charge in [-0.25, -0.2) is 0 Å². The molecule has 0 atom stereocenters. The highest BCUT2D eigenvalue weighted by atomic mass is 15.3. The first-order valence-corrected chi connectivity index (χ1v) is 6.06.